The highest BCUT2D eigenvalue weighted by Gasteiger charge is 2.15. The summed E-state index contributed by atoms with van der Waals surface area (Å²) in [6.45, 7) is 1.81. The van der Waals surface area contributed by atoms with Crippen molar-refractivity contribution >= 4 is 27.3 Å². The van der Waals surface area contributed by atoms with Crippen LogP contribution in [0.4, 0.5) is 21.7 Å². The Balaban J connectivity index is 1.75. The molecule has 0 spiro atoms. The van der Waals surface area contributed by atoms with E-state index in [9.17, 15) is 12.8 Å². The summed E-state index contributed by atoms with van der Waals surface area (Å²) >= 11 is 0. The maximum Gasteiger partial charge on any atom is 0.263 e. The number of hydrogen-bond acceptors (Lipinski definition) is 5. The molecule has 0 fully saturated rings. The summed E-state index contributed by atoms with van der Waals surface area (Å²) in [4.78, 5) is 0.142. The maximum atomic E-state index is 13.6. The van der Waals surface area contributed by atoms with Crippen LogP contribution in [0.1, 0.15) is 5.56 Å². The van der Waals surface area contributed by atoms with Crippen LogP contribution in [0.3, 0.4) is 0 Å². The second kappa shape index (κ2) is 6.86. The van der Waals surface area contributed by atoms with E-state index in [2.05, 4.69) is 20.2 Å². The van der Waals surface area contributed by atoms with Crippen LogP contribution in [0.2, 0.25) is 0 Å². The number of aryl methyl sites for hydroxylation is 1. The van der Waals surface area contributed by atoms with Crippen LogP contribution in [0.25, 0.3) is 0 Å². The van der Waals surface area contributed by atoms with E-state index in [0.29, 0.717) is 5.82 Å². The van der Waals surface area contributed by atoms with Gasteiger partial charge in [-0.2, -0.15) is 0 Å². The molecule has 0 atom stereocenters. The molecule has 0 unspecified atom stereocenters. The van der Waals surface area contributed by atoms with Crippen molar-refractivity contribution in [3.8, 4) is 0 Å². The van der Waals surface area contributed by atoms with Gasteiger partial charge < -0.3 is 5.32 Å². The van der Waals surface area contributed by atoms with E-state index < -0.39 is 15.8 Å². The first-order chi connectivity index (χ1) is 11.9. The summed E-state index contributed by atoms with van der Waals surface area (Å²) in [5.41, 5.74) is 1.09. The normalized spacial score (nSPS) is 11.1. The average molecular weight is 358 g/mol. The van der Waals surface area contributed by atoms with Crippen molar-refractivity contribution in [3.63, 3.8) is 0 Å². The number of nitrogens with zero attached hydrogens (tertiary/aromatic N) is 2. The van der Waals surface area contributed by atoms with Gasteiger partial charge in [0.25, 0.3) is 10.0 Å². The van der Waals surface area contributed by atoms with Crippen molar-refractivity contribution in [2.24, 2.45) is 0 Å². The molecule has 2 aromatic carbocycles. The van der Waals surface area contributed by atoms with Gasteiger partial charge in [-0.15, -0.1) is 10.2 Å². The van der Waals surface area contributed by atoms with E-state index in [1.165, 1.54) is 24.3 Å². The first-order valence-electron chi connectivity index (χ1n) is 7.39. The average Bonchev–Trinajstić information content (AvgIpc) is 2.58. The third kappa shape index (κ3) is 4.10. The van der Waals surface area contributed by atoms with Gasteiger partial charge in [0.2, 0.25) is 0 Å². The summed E-state index contributed by atoms with van der Waals surface area (Å²) < 4.78 is 40.6. The standard InChI is InChI=1S/C17H15FN4O2S/c1-12-5-4-6-13(11-12)25(23,24)22-17-10-9-16(20-21-17)19-15-8-3-2-7-14(15)18/h2-11H,1H3,(H,19,20)(H,21,22). The van der Waals surface area contributed by atoms with Crippen LogP contribution < -0.4 is 10.0 Å². The number of hydrogen-bond donors (Lipinski definition) is 2. The van der Waals surface area contributed by atoms with Gasteiger partial charge in [-0.25, -0.2) is 12.8 Å². The third-order valence-corrected chi connectivity index (χ3v) is 4.69. The Bertz CT molecular complexity index is 992. The van der Waals surface area contributed by atoms with Crippen molar-refractivity contribution < 1.29 is 12.8 Å². The van der Waals surface area contributed by atoms with Crippen molar-refractivity contribution in [3.05, 3.63) is 72.0 Å². The van der Waals surface area contributed by atoms with Crippen molar-refractivity contribution in [1.29, 1.82) is 0 Å². The van der Waals surface area contributed by atoms with E-state index in [1.54, 1.807) is 30.3 Å². The smallest absolute Gasteiger partial charge is 0.263 e. The van der Waals surface area contributed by atoms with Gasteiger partial charge in [0.05, 0.1) is 10.6 Å². The molecule has 0 saturated carbocycles. The zero-order chi connectivity index (χ0) is 17.9. The van der Waals surface area contributed by atoms with Crippen LogP contribution in [0.5, 0.6) is 0 Å². The molecule has 0 saturated heterocycles. The van der Waals surface area contributed by atoms with Crippen LogP contribution in [-0.4, -0.2) is 18.6 Å². The Labute approximate surface area is 144 Å². The fraction of sp³-hybridized carbons (Fsp3) is 0.0588. The number of sulfonamides is 1. The zero-order valence-corrected chi connectivity index (χ0v) is 14.1. The van der Waals surface area contributed by atoms with Gasteiger partial charge in [0, 0.05) is 0 Å². The number of para-hydroxylation sites is 1. The summed E-state index contributed by atoms with van der Waals surface area (Å²) in [5.74, 6) is -0.0577. The van der Waals surface area contributed by atoms with Crippen LogP contribution >= 0.6 is 0 Å². The van der Waals surface area contributed by atoms with E-state index in [0.717, 1.165) is 5.56 Å². The quantitative estimate of drug-likeness (QED) is 0.730. The first-order valence-corrected chi connectivity index (χ1v) is 8.87. The number of aromatic nitrogens is 2. The Morgan fingerprint density at radius 3 is 2.32 bits per heavy atom. The molecule has 25 heavy (non-hydrogen) atoms. The molecule has 8 heteroatoms. The van der Waals surface area contributed by atoms with Gasteiger partial charge in [-0.1, -0.05) is 24.3 Å². The minimum absolute atomic E-state index is 0.0700. The molecule has 3 aromatic rings. The zero-order valence-electron chi connectivity index (χ0n) is 13.3. The van der Waals surface area contributed by atoms with Crippen molar-refractivity contribution in [2.75, 3.05) is 10.0 Å². The SMILES string of the molecule is Cc1cccc(S(=O)(=O)Nc2ccc(Nc3ccccc3F)nn2)c1. The number of halogens is 1. The highest BCUT2D eigenvalue weighted by Crippen LogP contribution is 2.19. The molecule has 1 aromatic heterocycles. The van der Waals surface area contributed by atoms with Gasteiger partial charge >= 0.3 is 0 Å². The second-order valence-corrected chi connectivity index (χ2v) is 7.01. The van der Waals surface area contributed by atoms with Crippen LogP contribution in [0.15, 0.2) is 65.6 Å². The largest absolute Gasteiger partial charge is 0.336 e. The molecule has 0 aliphatic heterocycles. The Morgan fingerprint density at radius 2 is 1.64 bits per heavy atom. The molecular weight excluding hydrogens is 343 g/mol. The molecule has 0 aliphatic carbocycles. The summed E-state index contributed by atoms with van der Waals surface area (Å²) in [6.07, 6.45) is 0. The fourth-order valence-electron chi connectivity index (χ4n) is 2.13. The lowest BCUT2D eigenvalue weighted by Gasteiger charge is -2.09. The van der Waals surface area contributed by atoms with E-state index in [4.69, 9.17) is 0 Å². The predicted molar refractivity (Wildman–Crippen MR) is 93.7 cm³/mol. The molecule has 128 valence electrons. The maximum absolute atomic E-state index is 13.6. The second-order valence-electron chi connectivity index (χ2n) is 5.33. The Kier molecular flexibility index (Phi) is 4.62. The summed E-state index contributed by atoms with van der Waals surface area (Å²) in [5, 5.41) is 10.4. The topological polar surface area (TPSA) is 84.0 Å². The van der Waals surface area contributed by atoms with Crippen molar-refractivity contribution in [2.45, 2.75) is 11.8 Å². The van der Waals surface area contributed by atoms with E-state index in [1.807, 2.05) is 13.0 Å². The molecule has 0 amide bonds. The molecule has 0 radical (unpaired) electrons. The predicted octanol–water partition coefficient (Wildman–Crippen LogP) is 3.47. The minimum atomic E-state index is -3.75. The van der Waals surface area contributed by atoms with Crippen LogP contribution in [0, 0.1) is 12.7 Å². The highest BCUT2D eigenvalue weighted by atomic mass is 32.2. The third-order valence-electron chi connectivity index (χ3n) is 3.34. The number of nitrogens with one attached hydrogen (secondary N) is 2. The van der Waals surface area contributed by atoms with Crippen LogP contribution in [-0.2, 0) is 10.0 Å². The highest BCUT2D eigenvalue weighted by molar-refractivity contribution is 7.92. The minimum Gasteiger partial charge on any atom is -0.336 e. The van der Waals surface area contributed by atoms with E-state index >= 15 is 0 Å². The van der Waals surface area contributed by atoms with E-state index in [-0.39, 0.29) is 16.4 Å². The first kappa shape index (κ1) is 16.8. The Morgan fingerprint density at radius 1 is 0.920 bits per heavy atom. The molecule has 0 aliphatic rings. The molecule has 1 heterocycles. The lowest BCUT2D eigenvalue weighted by Crippen LogP contribution is -2.14. The monoisotopic (exact) mass is 358 g/mol. The number of rotatable bonds is 5. The van der Waals surface area contributed by atoms with Gasteiger partial charge in [0.15, 0.2) is 11.6 Å². The molecular formula is C17H15FN4O2S. The summed E-state index contributed by atoms with van der Waals surface area (Å²) in [7, 11) is -3.75. The van der Waals surface area contributed by atoms with Crippen molar-refractivity contribution in [1.82, 2.24) is 10.2 Å². The van der Waals surface area contributed by atoms with Gasteiger partial charge in [-0.05, 0) is 48.9 Å². The summed E-state index contributed by atoms with van der Waals surface area (Å²) in [6, 6.07) is 15.6. The van der Waals surface area contributed by atoms with Gasteiger partial charge in [-0.3, -0.25) is 4.72 Å². The van der Waals surface area contributed by atoms with Gasteiger partial charge in [0.1, 0.15) is 5.82 Å². The lowest BCUT2D eigenvalue weighted by molar-refractivity contribution is 0.601. The molecule has 2 N–H and O–H groups in total. The number of anilines is 3. The number of benzene rings is 2. The fourth-order valence-corrected chi connectivity index (χ4v) is 3.23. The molecule has 6 nitrogen and oxygen atoms in total. The Hall–Kier alpha value is -3.00. The molecule has 3 rings (SSSR count). The lowest BCUT2D eigenvalue weighted by atomic mass is 10.2. The molecule has 0 bridgehead atoms.